The highest BCUT2D eigenvalue weighted by Crippen LogP contribution is 2.16. The third kappa shape index (κ3) is 4.08. The van der Waals surface area contributed by atoms with Crippen LogP contribution in [0.5, 0.6) is 0 Å². The summed E-state index contributed by atoms with van der Waals surface area (Å²) in [6.07, 6.45) is 1.01. The van der Waals surface area contributed by atoms with Crippen molar-refractivity contribution < 1.29 is 9.47 Å². The Morgan fingerprint density at radius 1 is 1.31 bits per heavy atom. The van der Waals surface area contributed by atoms with Crippen molar-refractivity contribution in [3.05, 3.63) is 24.3 Å². The zero-order valence-electron chi connectivity index (χ0n) is 9.90. The molecule has 4 heteroatoms. The maximum atomic E-state index is 5.82. The van der Waals surface area contributed by atoms with Crippen molar-refractivity contribution in [3.8, 4) is 0 Å². The van der Waals surface area contributed by atoms with Crippen LogP contribution in [0.2, 0.25) is 0 Å². The van der Waals surface area contributed by atoms with Crippen LogP contribution in [0.15, 0.2) is 24.3 Å². The van der Waals surface area contributed by atoms with Gasteiger partial charge in [-0.25, -0.2) is 0 Å². The van der Waals surface area contributed by atoms with E-state index in [2.05, 4.69) is 5.32 Å². The van der Waals surface area contributed by atoms with Crippen molar-refractivity contribution in [1.29, 1.82) is 0 Å². The number of rotatable bonds is 7. The molecule has 0 saturated carbocycles. The number of methoxy groups -OCH3 is 2. The number of anilines is 2. The maximum Gasteiger partial charge on any atom is 0.0765 e. The van der Waals surface area contributed by atoms with Gasteiger partial charge in [0.2, 0.25) is 0 Å². The van der Waals surface area contributed by atoms with Gasteiger partial charge in [0.25, 0.3) is 0 Å². The van der Waals surface area contributed by atoms with E-state index in [0.29, 0.717) is 6.61 Å². The number of nitrogens with two attached hydrogens (primary N) is 1. The third-order valence-electron chi connectivity index (χ3n) is 2.46. The number of benzene rings is 1. The fourth-order valence-electron chi connectivity index (χ4n) is 1.43. The third-order valence-corrected chi connectivity index (χ3v) is 2.46. The average Bonchev–Trinajstić information content (AvgIpc) is 2.31. The quantitative estimate of drug-likeness (QED) is 0.693. The first-order valence-electron chi connectivity index (χ1n) is 5.38. The molecule has 0 fully saturated rings. The van der Waals surface area contributed by atoms with Crippen molar-refractivity contribution >= 4 is 11.4 Å². The number of hydrogen-bond donors (Lipinski definition) is 2. The highest BCUT2D eigenvalue weighted by molar-refractivity contribution is 5.65. The van der Waals surface area contributed by atoms with Gasteiger partial charge in [-0.2, -0.15) is 0 Å². The highest BCUT2D eigenvalue weighted by atomic mass is 16.5. The monoisotopic (exact) mass is 224 g/mol. The first-order valence-corrected chi connectivity index (χ1v) is 5.38. The van der Waals surface area contributed by atoms with Crippen molar-refractivity contribution in [2.24, 2.45) is 0 Å². The molecule has 0 heterocycles. The summed E-state index contributed by atoms with van der Waals surface area (Å²) in [5.41, 5.74) is 7.52. The zero-order valence-corrected chi connectivity index (χ0v) is 9.90. The summed E-state index contributed by atoms with van der Waals surface area (Å²) in [7, 11) is 3.39. The standard InChI is InChI=1S/C12H20N2O2/c1-15-8-7-10(16-2)9-14-12-6-4-3-5-11(12)13/h3-6,10,14H,7-9,13H2,1-2H3. The molecule has 16 heavy (non-hydrogen) atoms. The highest BCUT2D eigenvalue weighted by Gasteiger charge is 2.07. The van der Waals surface area contributed by atoms with E-state index in [1.165, 1.54) is 0 Å². The zero-order chi connectivity index (χ0) is 11.8. The second kappa shape index (κ2) is 7.09. The molecule has 3 N–H and O–H groups in total. The molecular formula is C12H20N2O2. The van der Waals surface area contributed by atoms with Crippen molar-refractivity contribution in [2.75, 3.05) is 38.4 Å². The van der Waals surface area contributed by atoms with Crippen LogP contribution in [0.4, 0.5) is 11.4 Å². The lowest BCUT2D eigenvalue weighted by atomic mass is 10.2. The number of nitrogens with one attached hydrogen (secondary N) is 1. The summed E-state index contributed by atoms with van der Waals surface area (Å²) in [6.45, 7) is 1.43. The summed E-state index contributed by atoms with van der Waals surface area (Å²) in [4.78, 5) is 0. The number of nitrogen functional groups attached to an aromatic ring is 1. The molecule has 0 aromatic heterocycles. The topological polar surface area (TPSA) is 56.5 Å². The van der Waals surface area contributed by atoms with E-state index in [1.807, 2.05) is 24.3 Å². The largest absolute Gasteiger partial charge is 0.397 e. The van der Waals surface area contributed by atoms with Crippen LogP contribution < -0.4 is 11.1 Å². The Bertz CT molecular complexity index is 305. The fourth-order valence-corrected chi connectivity index (χ4v) is 1.43. The molecule has 0 radical (unpaired) electrons. The molecule has 0 saturated heterocycles. The van der Waals surface area contributed by atoms with E-state index in [0.717, 1.165) is 24.3 Å². The minimum absolute atomic E-state index is 0.138. The molecule has 0 aliphatic heterocycles. The predicted molar refractivity (Wildman–Crippen MR) is 66.6 cm³/mol. The first-order chi connectivity index (χ1) is 7.77. The Morgan fingerprint density at radius 2 is 2.06 bits per heavy atom. The Morgan fingerprint density at radius 3 is 2.69 bits per heavy atom. The van der Waals surface area contributed by atoms with E-state index in [-0.39, 0.29) is 6.10 Å². The number of para-hydroxylation sites is 2. The average molecular weight is 224 g/mol. The van der Waals surface area contributed by atoms with Crippen LogP contribution in [0.1, 0.15) is 6.42 Å². The summed E-state index contributed by atoms with van der Waals surface area (Å²) in [5, 5.41) is 3.27. The van der Waals surface area contributed by atoms with Crippen LogP contribution in [-0.4, -0.2) is 33.5 Å². The Kier molecular flexibility index (Phi) is 5.67. The van der Waals surface area contributed by atoms with Gasteiger partial charge in [-0.3, -0.25) is 0 Å². The van der Waals surface area contributed by atoms with E-state index in [9.17, 15) is 0 Å². The molecule has 0 aliphatic rings. The van der Waals surface area contributed by atoms with Crippen LogP contribution in [0, 0.1) is 0 Å². The smallest absolute Gasteiger partial charge is 0.0765 e. The maximum absolute atomic E-state index is 5.82. The fraction of sp³-hybridized carbons (Fsp3) is 0.500. The number of ether oxygens (including phenoxy) is 2. The molecule has 1 rings (SSSR count). The lowest BCUT2D eigenvalue weighted by molar-refractivity contribution is 0.0749. The molecule has 90 valence electrons. The van der Waals surface area contributed by atoms with Gasteiger partial charge in [-0.1, -0.05) is 12.1 Å². The molecule has 0 aliphatic carbocycles. The van der Waals surface area contributed by atoms with Gasteiger partial charge in [-0.15, -0.1) is 0 Å². The second-order valence-corrected chi connectivity index (χ2v) is 3.61. The lowest BCUT2D eigenvalue weighted by Crippen LogP contribution is -2.23. The Labute approximate surface area is 96.7 Å². The minimum atomic E-state index is 0.138. The summed E-state index contributed by atoms with van der Waals surface area (Å²) < 4.78 is 10.3. The molecule has 0 bridgehead atoms. The SMILES string of the molecule is COCCC(CNc1ccccc1N)OC. The van der Waals surface area contributed by atoms with E-state index >= 15 is 0 Å². The van der Waals surface area contributed by atoms with Gasteiger partial charge < -0.3 is 20.5 Å². The van der Waals surface area contributed by atoms with Crippen molar-refractivity contribution in [3.63, 3.8) is 0 Å². The van der Waals surface area contributed by atoms with Gasteiger partial charge in [0, 0.05) is 27.4 Å². The van der Waals surface area contributed by atoms with Gasteiger partial charge >= 0.3 is 0 Å². The van der Waals surface area contributed by atoms with Gasteiger partial charge in [0.05, 0.1) is 17.5 Å². The Hall–Kier alpha value is -1.26. The first kappa shape index (κ1) is 12.8. The van der Waals surface area contributed by atoms with Crippen LogP contribution >= 0.6 is 0 Å². The number of hydrogen-bond acceptors (Lipinski definition) is 4. The summed E-state index contributed by atoms with van der Waals surface area (Å²) in [6, 6.07) is 7.70. The molecule has 1 aromatic carbocycles. The van der Waals surface area contributed by atoms with Crippen LogP contribution in [-0.2, 0) is 9.47 Å². The summed E-state index contributed by atoms with van der Waals surface area (Å²) in [5.74, 6) is 0. The van der Waals surface area contributed by atoms with Crippen molar-refractivity contribution in [2.45, 2.75) is 12.5 Å². The molecule has 1 atom stereocenters. The lowest BCUT2D eigenvalue weighted by Gasteiger charge is -2.17. The normalized spacial score (nSPS) is 12.4. The van der Waals surface area contributed by atoms with Crippen LogP contribution in [0.3, 0.4) is 0 Å². The van der Waals surface area contributed by atoms with Gasteiger partial charge in [-0.05, 0) is 18.6 Å². The Balaban J connectivity index is 2.40. The predicted octanol–water partition coefficient (Wildman–Crippen LogP) is 1.73. The van der Waals surface area contributed by atoms with Gasteiger partial charge in [0.15, 0.2) is 0 Å². The molecule has 0 amide bonds. The minimum Gasteiger partial charge on any atom is -0.397 e. The molecule has 0 spiro atoms. The van der Waals surface area contributed by atoms with Gasteiger partial charge in [0.1, 0.15) is 0 Å². The van der Waals surface area contributed by atoms with E-state index in [4.69, 9.17) is 15.2 Å². The molecule has 4 nitrogen and oxygen atoms in total. The van der Waals surface area contributed by atoms with E-state index < -0.39 is 0 Å². The molecule has 1 unspecified atom stereocenters. The summed E-state index contributed by atoms with van der Waals surface area (Å²) >= 11 is 0. The van der Waals surface area contributed by atoms with Crippen molar-refractivity contribution in [1.82, 2.24) is 0 Å². The van der Waals surface area contributed by atoms with E-state index in [1.54, 1.807) is 14.2 Å². The molecular weight excluding hydrogens is 204 g/mol. The molecule has 1 aromatic rings. The second-order valence-electron chi connectivity index (χ2n) is 3.61. The van der Waals surface area contributed by atoms with Crippen LogP contribution in [0.25, 0.3) is 0 Å².